The molecular formula is C16H22ClF3N4O2. The lowest BCUT2D eigenvalue weighted by atomic mass is 10.0. The van der Waals surface area contributed by atoms with Gasteiger partial charge < -0.3 is 14.4 Å². The maximum Gasteiger partial charge on any atom is 0.406 e. The average molecular weight is 395 g/mol. The van der Waals surface area contributed by atoms with Gasteiger partial charge in [0.25, 0.3) is 0 Å². The summed E-state index contributed by atoms with van der Waals surface area (Å²) in [6.07, 6.45) is -1.70. The monoisotopic (exact) mass is 394 g/mol. The van der Waals surface area contributed by atoms with Gasteiger partial charge in [-0.3, -0.25) is 9.59 Å². The van der Waals surface area contributed by atoms with Crippen molar-refractivity contribution in [1.29, 1.82) is 0 Å². The van der Waals surface area contributed by atoms with Crippen LogP contribution < -0.4 is 0 Å². The highest BCUT2D eigenvalue weighted by atomic mass is 35.5. The van der Waals surface area contributed by atoms with Crippen LogP contribution in [-0.4, -0.2) is 63.5 Å². The SMILES string of the molecule is CC(=O)N(C)C1CCN(C(=O)CCc2ncc(Cl)n2CC(F)(F)F)CC1. The zero-order valence-electron chi connectivity index (χ0n) is 14.7. The lowest BCUT2D eigenvalue weighted by Gasteiger charge is -2.36. The second-order valence-electron chi connectivity index (χ2n) is 6.44. The number of rotatable bonds is 5. The number of hydrogen-bond donors (Lipinski definition) is 0. The molecule has 0 unspecified atom stereocenters. The number of carbonyl (C=O) groups is 2. The minimum Gasteiger partial charge on any atom is -0.343 e. The van der Waals surface area contributed by atoms with Gasteiger partial charge in [-0.25, -0.2) is 4.98 Å². The summed E-state index contributed by atoms with van der Waals surface area (Å²) in [4.78, 5) is 31.0. The van der Waals surface area contributed by atoms with Crippen molar-refractivity contribution < 1.29 is 22.8 Å². The predicted molar refractivity (Wildman–Crippen MR) is 89.7 cm³/mol. The molecule has 1 aromatic rings. The van der Waals surface area contributed by atoms with Crippen LogP contribution in [-0.2, 0) is 22.6 Å². The van der Waals surface area contributed by atoms with Crippen molar-refractivity contribution in [2.75, 3.05) is 20.1 Å². The predicted octanol–water partition coefficient (Wildman–Crippen LogP) is 2.50. The molecule has 0 N–H and O–H groups in total. The van der Waals surface area contributed by atoms with Crippen LogP contribution in [0.5, 0.6) is 0 Å². The van der Waals surface area contributed by atoms with Crippen molar-refractivity contribution in [1.82, 2.24) is 19.4 Å². The second-order valence-corrected chi connectivity index (χ2v) is 6.83. The summed E-state index contributed by atoms with van der Waals surface area (Å²) in [5.74, 6) is 0.00152. The maximum absolute atomic E-state index is 12.6. The maximum atomic E-state index is 12.6. The molecule has 0 spiro atoms. The molecule has 6 nitrogen and oxygen atoms in total. The van der Waals surface area contributed by atoms with E-state index >= 15 is 0 Å². The van der Waals surface area contributed by atoms with E-state index < -0.39 is 12.7 Å². The minimum absolute atomic E-state index is 0.0110. The summed E-state index contributed by atoms with van der Waals surface area (Å²) >= 11 is 5.76. The van der Waals surface area contributed by atoms with E-state index in [1.165, 1.54) is 6.92 Å². The molecule has 26 heavy (non-hydrogen) atoms. The molecule has 0 aromatic carbocycles. The molecule has 0 saturated carbocycles. The van der Waals surface area contributed by atoms with E-state index in [4.69, 9.17) is 11.6 Å². The normalized spacial score (nSPS) is 16.0. The molecule has 0 aliphatic carbocycles. The fraction of sp³-hybridized carbons (Fsp3) is 0.688. The molecular weight excluding hydrogens is 373 g/mol. The van der Waals surface area contributed by atoms with Gasteiger partial charge in [0.2, 0.25) is 11.8 Å². The number of hydrogen-bond acceptors (Lipinski definition) is 3. The Morgan fingerprint density at radius 1 is 1.35 bits per heavy atom. The van der Waals surface area contributed by atoms with Crippen molar-refractivity contribution >= 4 is 23.4 Å². The molecule has 1 aliphatic heterocycles. The lowest BCUT2D eigenvalue weighted by Crippen LogP contribution is -2.46. The molecule has 1 aromatic heterocycles. The van der Waals surface area contributed by atoms with Gasteiger partial charge in [-0.2, -0.15) is 13.2 Å². The van der Waals surface area contributed by atoms with E-state index in [1.54, 1.807) is 16.8 Å². The van der Waals surface area contributed by atoms with Gasteiger partial charge in [0.15, 0.2) is 0 Å². The highest BCUT2D eigenvalue weighted by Crippen LogP contribution is 2.23. The first-order chi connectivity index (χ1) is 12.1. The van der Waals surface area contributed by atoms with E-state index in [-0.39, 0.29) is 41.7 Å². The topological polar surface area (TPSA) is 58.4 Å². The Hall–Kier alpha value is -1.77. The standard InChI is InChI=1S/C16H22ClF3N4O2/c1-11(25)22(2)12-5-7-23(8-6-12)15(26)4-3-14-21-9-13(17)24(14)10-16(18,19)20/h9,12H,3-8,10H2,1-2H3. The number of aromatic nitrogens is 2. The van der Waals surface area contributed by atoms with Crippen LogP contribution in [0.4, 0.5) is 13.2 Å². The number of piperidine rings is 1. The van der Waals surface area contributed by atoms with Crippen LogP contribution in [0.1, 0.15) is 32.0 Å². The molecule has 1 saturated heterocycles. The van der Waals surface area contributed by atoms with Gasteiger partial charge in [-0.1, -0.05) is 11.6 Å². The molecule has 146 valence electrons. The Balaban J connectivity index is 1.88. The van der Waals surface area contributed by atoms with Gasteiger partial charge in [-0.15, -0.1) is 0 Å². The molecule has 1 fully saturated rings. The Labute approximate surface area is 154 Å². The number of alkyl halides is 3. The third-order valence-corrected chi connectivity index (χ3v) is 4.95. The molecule has 0 radical (unpaired) electrons. The summed E-state index contributed by atoms with van der Waals surface area (Å²) in [6, 6.07) is 0.112. The Morgan fingerprint density at radius 2 is 1.96 bits per heavy atom. The van der Waals surface area contributed by atoms with Gasteiger partial charge in [-0.05, 0) is 12.8 Å². The van der Waals surface area contributed by atoms with Crippen LogP contribution in [0.2, 0.25) is 5.15 Å². The molecule has 2 rings (SSSR count). The van der Waals surface area contributed by atoms with E-state index in [9.17, 15) is 22.8 Å². The third-order valence-electron chi connectivity index (χ3n) is 4.65. The van der Waals surface area contributed by atoms with E-state index in [2.05, 4.69) is 4.98 Å². The summed E-state index contributed by atoms with van der Waals surface area (Å²) in [7, 11) is 1.74. The summed E-state index contributed by atoms with van der Waals surface area (Å²) in [6.45, 7) is 1.33. The van der Waals surface area contributed by atoms with Crippen LogP contribution in [0.3, 0.4) is 0 Å². The quantitative estimate of drug-likeness (QED) is 0.771. The highest BCUT2D eigenvalue weighted by molar-refractivity contribution is 6.29. The van der Waals surface area contributed by atoms with Crippen LogP contribution in [0.25, 0.3) is 0 Å². The first-order valence-corrected chi connectivity index (χ1v) is 8.74. The second kappa shape index (κ2) is 8.28. The molecule has 10 heteroatoms. The number of amides is 2. The van der Waals surface area contributed by atoms with Crippen molar-refractivity contribution in [3.8, 4) is 0 Å². The lowest BCUT2D eigenvalue weighted by molar-refractivity contribution is -0.141. The number of likely N-dealkylation sites (tertiary alicyclic amines) is 1. The fourth-order valence-corrected chi connectivity index (χ4v) is 3.28. The summed E-state index contributed by atoms with van der Waals surface area (Å²) in [5.41, 5.74) is 0. The molecule has 0 atom stereocenters. The van der Waals surface area contributed by atoms with Crippen molar-refractivity contribution in [2.24, 2.45) is 0 Å². The molecule has 0 bridgehead atoms. The van der Waals surface area contributed by atoms with Gasteiger partial charge >= 0.3 is 6.18 Å². The third kappa shape index (κ3) is 5.36. The Morgan fingerprint density at radius 3 is 2.50 bits per heavy atom. The Kier molecular flexibility index (Phi) is 6.54. The first kappa shape index (κ1) is 20.5. The van der Waals surface area contributed by atoms with E-state index in [0.717, 1.165) is 10.8 Å². The molecule has 1 aliphatic rings. The zero-order valence-corrected chi connectivity index (χ0v) is 15.5. The van der Waals surface area contributed by atoms with Gasteiger partial charge in [0.1, 0.15) is 17.5 Å². The Bertz CT molecular complexity index is 654. The average Bonchev–Trinajstić information content (AvgIpc) is 2.90. The number of carbonyl (C=O) groups excluding carboxylic acids is 2. The summed E-state index contributed by atoms with van der Waals surface area (Å²) < 4.78 is 38.7. The van der Waals surface area contributed by atoms with Crippen molar-refractivity contribution in [3.05, 3.63) is 17.2 Å². The zero-order chi connectivity index (χ0) is 19.5. The van der Waals surface area contributed by atoms with Crippen LogP contribution in [0.15, 0.2) is 6.20 Å². The number of halogens is 4. The fourth-order valence-electron chi connectivity index (χ4n) is 3.07. The minimum atomic E-state index is -4.41. The number of nitrogens with zero attached hydrogens (tertiary/aromatic N) is 4. The largest absolute Gasteiger partial charge is 0.406 e. The molecule has 2 heterocycles. The highest BCUT2D eigenvalue weighted by Gasteiger charge is 2.31. The number of imidazole rings is 1. The van der Waals surface area contributed by atoms with Gasteiger partial charge in [0.05, 0.1) is 6.20 Å². The smallest absolute Gasteiger partial charge is 0.343 e. The number of aryl methyl sites for hydroxylation is 1. The molecule has 2 amide bonds. The van der Waals surface area contributed by atoms with E-state index in [1.807, 2.05) is 0 Å². The van der Waals surface area contributed by atoms with Crippen LogP contribution >= 0.6 is 11.6 Å². The summed E-state index contributed by atoms with van der Waals surface area (Å²) in [5, 5.41) is -0.0992. The van der Waals surface area contributed by atoms with Crippen molar-refractivity contribution in [2.45, 2.75) is 51.4 Å². The first-order valence-electron chi connectivity index (χ1n) is 8.36. The van der Waals surface area contributed by atoms with E-state index in [0.29, 0.717) is 25.9 Å². The van der Waals surface area contributed by atoms with Gasteiger partial charge in [0, 0.05) is 45.9 Å². The van der Waals surface area contributed by atoms with Crippen LogP contribution in [0, 0.1) is 0 Å². The van der Waals surface area contributed by atoms with Crippen molar-refractivity contribution in [3.63, 3.8) is 0 Å².